The van der Waals surface area contributed by atoms with Gasteiger partial charge in [-0.05, 0) is 25.3 Å². The van der Waals surface area contributed by atoms with E-state index in [1.54, 1.807) is 0 Å². The molecule has 2 amide bonds. The molecular weight excluding hydrogens is 258 g/mol. The largest absolute Gasteiger partial charge is 0.353 e. The summed E-state index contributed by atoms with van der Waals surface area (Å²) in [4.78, 5) is 31.6. The Balaban J connectivity index is 1.92. The molecule has 2 saturated heterocycles. The molecule has 2 aliphatic rings. The molecule has 0 unspecified atom stereocenters. The van der Waals surface area contributed by atoms with Gasteiger partial charge in [0.2, 0.25) is 11.8 Å². The molecule has 2 fully saturated rings. The summed E-state index contributed by atoms with van der Waals surface area (Å²) in [5.41, 5.74) is 0. The fourth-order valence-electron chi connectivity index (χ4n) is 2.59. The number of carbonyl (C=O) groups excluding carboxylic acids is 2. The van der Waals surface area contributed by atoms with Crippen molar-refractivity contribution in [3.05, 3.63) is 0 Å². The van der Waals surface area contributed by atoms with Crippen LogP contribution >= 0.6 is 0 Å². The van der Waals surface area contributed by atoms with Crippen LogP contribution in [0.3, 0.4) is 0 Å². The van der Waals surface area contributed by atoms with E-state index in [0.717, 1.165) is 25.9 Å². The molecule has 2 rings (SSSR count). The summed E-state index contributed by atoms with van der Waals surface area (Å²) in [6.45, 7) is 7.92. The highest BCUT2D eigenvalue weighted by Crippen LogP contribution is 2.15. The Morgan fingerprint density at radius 2 is 2.25 bits per heavy atom. The highest BCUT2D eigenvalue weighted by molar-refractivity contribution is 5.88. The minimum atomic E-state index is -0.348. The van der Waals surface area contributed by atoms with E-state index >= 15 is 0 Å². The van der Waals surface area contributed by atoms with Crippen molar-refractivity contribution in [1.29, 1.82) is 0 Å². The molecule has 0 aromatic rings. The second kappa shape index (κ2) is 7.04. The summed E-state index contributed by atoms with van der Waals surface area (Å²) < 4.78 is 0. The van der Waals surface area contributed by atoms with E-state index in [-0.39, 0.29) is 24.3 Å². The fourth-order valence-corrected chi connectivity index (χ4v) is 2.59. The van der Waals surface area contributed by atoms with Gasteiger partial charge in [0, 0.05) is 13.1 Å². The molecule has 1 atom stereocenters. The summed E-state index contributed by atoms with van der Waals surface area (Å²) in [6, 6.07) is -0.348. The summed E-state index contributed by atoms with van der Waals surface area (Å²) in [5.74, 6) is 0.477. The molecule has 6 heteroatoms. The molecule has 0 saturated carbocycles. The number of carbonyl (C=O) groups is 2. The van der Waals surface area contributed by atoms with E-state index < -0.39 is 0 Å². The number of nitrogens with one attached hydrogen (secondary N) is 1. The van der Waals surface area contributed by atoms with Crippen molar-refractivity contribution in [2.45, 2.75) is 39.2 Å². The molecule has 0 spiro atoms. The lowest BCUT2D eigenvalue weighted by Gasteiger charge is -2.35. The van der Waals surface area contributed by atoms with Crippen LogP contribution in [0.2, 0.25) is 0 Å². The molecule has 6 nitrogen and oxygen atoms in total. The first-order valence-electron chi connectivity index (χ1n) is 7.53. The second-order valence-corrected chi connectivity index (χ2v) is 5.91. The van der Waals surface area contributed by atoms with Gasteiger partial charge in [-0.1, -0.05) is 13.8 Å². The molecule has 20 heavy (non-hydrogen) atoms. The Morgan fingerprint density at radius 1 is 1.45 bits per heavy atom. The van der Waals surface area contributed by atoms with Crippen LogP contribution in [0.4, 0.5) is 0 Å². The Kier molecular flexibility index (Phi) is 5.37. The molecule has 114 valence electrons. The third-order valence-electron chi connectivity index (χ3n) is 3.83. The van der Waals surface area contributed by atoms with Gasteiger partial charge < -0.3 is 5.32 Å². The first kappa shape index (κ1) is 15.3. The number of piperazine rings is 1. The Labute approximate surface area is 120 Å². The molecule has 0 radical (unpaired) electrons. The molecular formula is C14H25N3O3. The standard InChI is InChI=1S/C14H25N3O3/c1-11(2)4-7-16-8-5-15-14(19)12(16)10-13(18)17-6-3-9-20-17/h11-12H,3-10H2,1-2H3,(H,15,19)/t12-/m1/s1. The fraction of sp³-hybridized carbons (Fsp3) is 0.857. The minimum Gasteiger partial charge on any atom is -0.353 e. The number of rotatable bonds is 5. The van der Waals surface area contributed by atoms with Gasteiger partial charge in [0.25, 0.3) is 0 Å². The van der Waals surface area contributed by atoms with Gasteiger partial charge in [-0.2, -0.15) is 0 Å². The van der Waals surface area contributed by atoms with Gasteiger partial charge in [-0.15, -0.1) is 0 Å². The topological polar surface area (TPSA) is 61.9 Å². The maximum atomic E-state index is 12.1. The summed E-state index contributed by atoms with van der Waals surface area (Å²) in [7, 11) is 0. The van der Waals surface area contributed by atoms with Crippen LogP contribution in [0.5, 0.6) is 0 Å². The van der Waals surface area contributed by atoms with Gasteiger partial charge in [0.1, 0.15) is 0 Å². The van der Waals surface area contributed by atoms with E-state index in [2.05, 4.69) is 24.1 Å². The molecule has 0 aromatic heterocycles. The maximum Gasteiger partial charge on any atom is 0.248 e. The number of hydrogen-bond donors (Lipinski definition) is 1. The van der Waals surface area contributed by atoms with Gasteiger partial charge in [-0.25, -0.2) is 5.06 Å². The lowest BCUT2D eigenvalue weighted by atomic mass is 10.1. The van der Waals surface area contributed by atoms with Crippen molar-refractivity contribution in [3.8, 4) is 0 Å². The summed E-state index contributed by atoms with van der Waals surface area (Å²) in [6.07, 6.45) is 2.13. The highest BCUT2D eigenvalue weighted by Gasteiger charge is 2.33. The van der Waals surface area contributed by atoms with Crippen LogP contribution in [-0.4, -0.2) is 60.6 Å². The number of hydroxylamine groups is 2. The average molecular weight is 283 g/mol. The molecule has 0 aliphatic carbocycles. The Morgan fingerprint density at radius 3 is 2.90 bits per heavy atom. The van der Waals surface area contributed by atoms with Crippen LogP contribution in [0.15, 0.2) is 0 Å². The average Bonchev–Trinajstić information content (AvgIpc) is 2.93. The van der Waals surface area contributed by atoms with E-state index in [1.165, 1.54) is 5.06 Å². The molecule has 0 aromatic carbocycles. The molecule has 2 aliphatic heterocycles. The Hall–Kier alpha value is -1.14. The smallest absolute Gasteiger partial charge is 0.248 e. The zero-order valence-electron chi connectivity index (χ0n) is 12.4. The van der Waals surface area contributed by atoms with Crippen LogP contribution in [0.1, 0.15) is 33.1 Å². The monoisotopic (exact) mass is 283 g/mol. The predicted molar refractivity (Wildman–Crippen MR) is 74.7 cm³/mol. The number of amides is 2. The van der Waals surface area contributed by atoms with Crippen molar-refractivity contribution in [3.63, 3.8) is 0 Å². The van der Waals surface area contributed by atoms with Gasteiger partial charge in [0.05, 0.1) is 25.6 Å². The van der Waals surface area contributed by atoms with E-state index in [1.807, 2.05) is 0 Å². The lowest BCUT2D eigenvalue weighted by molar-refractivity contribution is -0.171. The first-order chi connectivity index (χ1) is 9.58. The SMILES string of the molecule is CC(C)CCN1CCNC(=O)[C@H]1CC(=O)N1CCCO1. The van der Waals surface area contributed by atoms with Crippen molar-refractivity contribution in [2.75, 3.05) is 32.8 Å². The molecule has 1 N–H and O–H groups in total. The number of nitrogens with zero attached hydrogens (tertiary/aromatic N) is 2. The summed E-state index contributed by atoms with van der Waals surface area (Å²) >= 11 is 0. The third kappa shape index (κ3) is 3.93. The summed E-state index contributed by atoms with van der Waals surface area (Å²) in [5, 5.41) is 4.26. The lowest BCUT2D eigenvalue weighted by Crippen LogP contribution is -2.56. The number of hydrogen-bond acceptors (Lipinski definition) is 4. The molecule has 2 heterocycles. The molecule has 0 bridgehead atoms. The zero-order valence-corrected chi connectivity index (χ0v) is 12.4. The quantitative estimate of drug-likeness (QED) is 0.793. The van der Waals surface area contributed by atoms with Gasteiger partial charge in [0.15, 0.2) is 0 Å². The third-order valence-corrected chi connectivity index (χ3v) is 3.83. The van der Waals surface area contributed by atoms with Crippen molar-refractivity contribution in [2.24, 2.45) is 5.92 Å². The minimum absolute atomic E-state index is 0.0347. The van der Waals surface area contributed by atoms with E-state index in [0.29, 0.717) is 25.6 Å². The Bertz CT molecular complexity index is 354. The maximum absolute atomic E-state index is 12.1. The van der Waals surface area contributed by atoms with Crippen molar-refractivity contribution >= 4 is 11.8 Å². The van der Waals surface area contributed by atoms with Gasteiger partial charge >= 0.3 is 0 Å². The van der Waals surface area contributed by atoms with Crippen molar-refractivity contribution < 1.29 is 14.4 Å². The van der Waals surface area contributed by atoms with Crippen molar-refractivity contribution in [1.82, 2.24) is 15.3 Å². The van der Waals surface area contributed by atoms with Crippen LogP contribution in [-0.2, 0) is 14.4 Å². The van der Waals surface area contributed by atoms with Crippen LogP contribution in [0, 0.1) is 5.92 Å². The zero-order chi connectivity index (χ0) is 14.5. The highest BCUT2D eigenvalue weighted by atomic mass is 16.7. The predicted octanol–water partition coefficient (Wildman–Crippen LogP) is 0.387. The van der Waals surface area contributed by atoms with Gasteiger partial charge in [-0.3, -0.25) is 19.3 Å². The van der Waals surface area contributed by atoms with E-state index in [9.17, 15) is 9.59 Å². The van der Waals surface area contributed by atoms with E-state index in [4.69, 9.17) is 4.84 Å². The van der Waals surface area contributed by atoms with Crippen LogP contribution in [0.25, 0.3) is 0 Å². The first-order valence-corrected chi connectivity index (χ1v) is 7.53. The second-order valence-electron chi connectivity index (χ2n) is 5.91. The normalized spacial score (nSPS) is 24.2. The van der Waals surface area contributed by atoms with Crippen LogP contribution < -0.4 is 5.32 Å².